The third-order valence-corrected chi connectivity index (χ3v) is 2.96. The Kier molecular flexibility index (Phi) is 3.90. The highest BCUT2D eigenvalue weighted by molar-refractivity contribution is 6.31. The molecule has 2 aromatic rings. The van der Waals surface area contributed by atoms with E-state index in [9.17, 15) is 0 Å². The lowest BCUT2D eigenvalue weighted by Gasteiger charge is -2.17. The van der Waals surface area contributed by atoms with Crippen LogP contribution >= 0.6 is 11.6 Å². The molecule has 96 valence electrons. The second-order valence-corrected chi connectivity index (χ2v) is 4.23. The number of rotatable bonds is 4. The average molecular weight is 267 g/mol. The predicted molar refractivity (Wildman–Crippen MR) is 68.8 cm³/mol. The summed E-state index contributed by atoms with van der Waals surface area (Å²) in [5.41, 5.74) is 4.30. The van der Waals surface area contributed by atoms with E-state index in [-0.39, 0.29) is 6.04 Å². The summed E-state index contributed by atoms with van der Waals surface area (Å²) < 4.78 is 1.80. The zero-order valence-corrected chi connectivity index (χ0v) is 11.0. The monoisotopic (exact) mass is 266 g/mol. The van der Waals surface area contributed by atoms with Gasteiger partial charge in [-0.15, -0.1) is 0 Å². The van der Waals surface area contributed by atoms with Gasteiger partial charge in [-0.3, -0.25) is 10.5 Å². The van der Waals surface area contributed by atoms with Crippen LogP contribution in [0.3, 0.4) is 0 Å². The van der Waals surface area contributed by atoms with Gasteiger partial charge in [-0.05, 0) is 19.9 Å². The Labute approximate surface area is 110 Å². The predicted octanol–water partition coefficient (Wildman–Crippen LogP) is 1.21. The van der Waals surface area contributed by atoms with Gasteiger partial charge in [0, 0.05) is 12.7 Å². The van der Waals surface area contributed by atoms with E-state index in [1.165, 1.54) is 0 Å². The van der Waals surface area contributed by atoms with Crippen molar-refractivity contribution in [1.29, 1.82) is 0 Å². The van der Waals surface area contributed by atoms with E-state index in [0.717, 1.165) is 11.4 Å². The molecule has 6 nitrogen and oxygen atoms in total. The molecule has 2 rings (SSSR count). The van der Waals surface area contributed by atoms with E-state index in [1.54, 1.807) is 23.1 Å². The third-order valence-electron chi connectivity index (χ3n) is 2.67. The van der Waals surface area contributed by atoms with Crippen molar-refractivity contribution in [2.24, 2.45) is 5.84 Å². The van der Waals surface area contributed by atoms with Crippen LogP contribution in [0.4, 0.5) is 0 Å². The summed E-state index contributed by atoms with van der Waals surface area (Å²) in [4.78, 5) is 8.43. The molecule has 0 spiro atoms. The van der Waals surface area contributed by atoms with Crippen molar-refractivity contribution >= 4 is 11.6 Å². The number of aromatic nitrogens is 4. The maximum absolute atomic E-state index is 6.16. The molecular formula is C11H15ClN6. The number of nitrogens with zero attached hydrogens (tertiary/aromatic N) is 4. The van der Waals surface area contributed by atoms with Gasteiger partial charge in [0.15, 0.2) is 0 Å². The molecule has 2 aromatic heterocycles. The van der Waals surface area contributed by atoms with Crippen LogP contribution in [0.2, 0.25) is 5.02 Å². The quantitative estimate of drug-likeness (QED) is 0.642. The largest absolute Gasteiger partial charge is 0.270 e. The highest BCUT2D eigenvalue weighted by atomic mass is 35.5. The summed E-state index contributed by atoms with van der Waals surface area (Å²) >= 11 is 6.16. The first-order chi connectivity index (χ1) is 8.67. The zero-order chi connectivity index (χ0) is 13.1. The Bertz CT molecular complexity index is 538. The first-order valence-electron chi connectivity index (χ1n) is 5.64. The van der Waals surface area contributed by atoms with E-state index in [2.05, 4.69) is 20.5 Å². The molecule has 0 fully saturated rings. The van der Waals surface area contributed by atoms with E-state index >= 15 is 0 Å². The number of hydrazine groups is 1. The Balaban J connectivity index is 2.48. The summed E-state index contributed by atoms with van der Waals surface area (Å²) in [5.74, 6) is 6.31. The van der Waals surface area contributed by atoms with Gasteiger partial charge in [-0.2, -0.15) is 5.10 Å². The van der Waals surface area contributed by atoms with E-state index in [0.29, 0.717) is 17.4 Å². The SMILES string of the molecule is CCn1ncc(Cl)c1C(NN)c1ccnc(C)n1. The number of halogens is 1. The van der Waals surface area contributed by atoms with E-state index in [4.69, 9.17) is 17.4 Å². The fourth-order valence-corrected chi connectivity index (χ4v) is 2.10. The normalized spacial score (nSPS) is 12.7. The maximum Gasteiger partial charge on any atom is 0.125 e. The Morgan fingerprint density at radius 3 is 2.94 bits per heavy atom. The van der Waals surface area contributed by atoms with Crippen molar-refractivity contribution in [2.75, 3.05) is 0 Å². The molecule has 1 unspecified atom stereocenters. The lowest BCUT2D eigenvalue weighted by atomic mass is 10.1. The molecule has 0 aliphatic heterocycles. The molecule has 0 saturated heterocycles. The Morgan fingerprint density at radius 2 is 2.33 bits per heavy atom. The summed E-state index contributed by atoms with van der Waals surface area (Å²) in [6.07, 6.45) is 3.31. The first kappa shape index (κ1) is 12.9. The molecule has 0 bridgehead atoms. The van der Waals surface area contributed by atoms with Gasteiger partial charge in [-0.25, -0.2) is 15.4 Å². The number of nitrogens with one attached hydrogen (secondary N) is 1. The van der Waals surface area contributed by atoms with Gasteiger partial charge in [0.25, 0.3) is 0 Å². The number of nitrogens with two attached hydrogens (primary N) is 1. The maximum atomic E-state index is 6.16. The lowest BCUT2D eigenvalue weighted by Crippen LogP contribution is -2.31. The van der Waals surface area contributed by atoms with Gasteiger partial charge in [0.05, 0.1) is 22.6 Å². The third kappa shape index (κ3) is 2.35. The van der Waals surface area contributed by atoms with Crippen LogP contribution in [0.25, 0.3) is 0 Å². The summed E-state index contributed by atoms with van der Waals surface area (Å²) in [5, 5.41) is 4.76. The topological polar surface area (TPSA) is 81.7 Å². The zero-order valence-electron chi connectivity index (χ0n) is 10.3. The minimum absolute atomic E-state index is 0.304. The molecular weight excluding hydrogens is 252 g/mol. The molecule has 7 heteroatoms. The van der Waals surface area contributed by atoms with Crippen molar-refractivity contribution in [1.82, 2.24) is 25.2 Å². The molecule has 0 amide bonds. The second kappa shape index (κ2) is 5.43. The minimum Gasteiger partial charge on any atom is -0.270 e. The summed E-state index contributed by atoms with van der Waals surface area (Å²) in [6.45, 7) is 4.53. The minimum atomic E-state index is -0.304. The van der Waals surface area contributed by atoms with Crippen molar-refractivity contribution in [2.45, 2.75) is 26.4 Å². The standard InChI is InChI=1S/C11H15ClN6/c1-3-18-11(8(12)6-15-18)10(17-13)9-4-5-14-7(2)16-9/h4-6,10,17H,3,13H2,1-2H3. The van der Waals surface area contributed by atoms with Crippen LogP contribution in [0, 0.1) is 6.92 Å². The van der Waals surface area contributed by atoms with Crippen LogP contribution in [0.5, 0.6) is 0 Å². The number of hydrogen-bond donors (Lipinski definition) is 2. The van der Waals surface area contributed by atoms with Gasteiger partial charge >= 0.3 is 0 Å². The molecule has 0 aliphatic rings. The van der Waals surface area contributed by atoms with Gasteiger partial charge in [0.2, 0.25) is 0 Å². The van der Waals surface area contributed by atoms with E-state index in [1.807, 2.05) is 13.8 Å². The Hall–Kier alpha value is -1.50. The molecule has 18 heavy (non-hydrogen) atoms. The average Bonchev–Trinajstić information content (AvgIpc) is 2.72. The molecule has 0 aromatic carbocycles. The van der Waals surface area contributed by atoms with Crippen molar-refractivity contribution < 1.29 is 0 Å². The van der Waals surface area contributed by atoms with Gasteiger partial charge in [0.1, 0.15) is 11.9 Å². The van der Waals surface area contributed by atoms with Crippen LogP contribution in [0.1, 0.15) is 30.2 Å². The molecule has 1 atom stereocenters. The van der Waals surface area contributed by atoms with Crippen LogP contribution in [0.15, 0.2) is 18.5 Å². The van der Waals surface area contributed by atoms with Crippen LogP contribution in [-0.2, 0) is 6.54 Å². The second-order valence-electron chi connectivity index (χ2n) is 3.82. The van der Waals surface area contributed by atoms with Crippen LogP contribution in [-0.4, -0.2) is 19.7 Å². The first-order valence-corrected chi connectivity index (χ1v) is 6.02. The molecule has 0 radical (unpaired) electrons. The smallest absolute Gasteiger partial charge is 0.125 e. The number of hydrogen-bond acceptors (Lipinski definition) is 5. The molecule has 2 heterocycles. The van der Waals surface area contributed by atoms with Crippen LogP contribution < -0.4 is 11.3 Å². The molecule has 0 aliphatic carbocycles. The fraction of sp³-hybridized carbons (Fsp3) is 0.364. The number of aryl methyl sites for hydroxylation is 2. The fourth-order valence-electron chi connectivity index (χ4n) is 1.85. The summed E-state index contributed by atoms with van der Waals surface area (Å²) in [6, 6.07) is 1.50. The van der Waals surface area contributed by atoms with Crippen molar-refractivity contribution in [3.8, 4) is 0 Å². The highest BCUT2D eigenvalue weighted by Crippen LogP contribution is 2.26. The van der Waals surface area contributed by atoms with E-state index < -0.39 is 0 Å². The molecule has 0 saturated carbocycles. The van der Waals surface area contributed by atoms with Crippen molar-refractivity contribution in [3.05, 3.63) is 40.7 Å². The summed E-state index contributed by atoms with van der Waals surface area (Å²) in [7, 11) is 0. The van der Waals surface area contributed by atoms with Gasteiger partial charge < -0.3 is 0 Å². The Morgan fingerprint density at radius 1 is 1.56 bits per heavy atom. The highest BCUT2D eigenvalue weighted by Gasteiger charge is 2.21. The molecule has 3 N–H and O–H groups in total. The van der Waals surface area contributed by atoms with Crippen molar-refractivity contribution in [3.63, 3.8) is 0 Å². The van der Waals surface area contributed by atoms with Gasteiger partial charge in [-0.1, -0.05) is 11.6 Å². The lowest BCUT2D eigenvalue weighted by molar-refractivity contribution is 0.534.